The maximum absolute atomic E-state index is 14.8. The second-order valence-corrected chi connectivity index (χ2v) is 7.63. The fraction of sp³-hybridized carbons (Fsp3) is 0.429. The summed E-state index contributed by atoms with van der Waals surface area (Å²) in [5.41, 5.74) is -2.60. The van der Waals surface area contributed by atoms with Crippen molar-refractivity contribution in [2.45, 2.75) is 43.8 Å². The fourth-order valence-electron chi connectivity index (χ4n) is 3.88. The summed E-state index contributed by atoms with van der Waals surface area (Å²) in [4.78, 5) is 0. The van der Waals surface area contributed by atoms with Crippen molar-refractivity contribution >= 4 is 0 Å². The van der Waals surface area contributed by atoms with E-state index in [0.29, 0.717) is 18.6 Å². The summed E-state index contributed by atoms with van der Waals surface area (Å²) in [6.45, 7) is 2.34. The van der Waals surface area contributed by atoms with Crippen LogP contribution in [-0.2, 0) is 31.0 Å². The van der Waals surface area contributed by atoms with E-state index in [-0.39, 0.29) is 24.3 Å². The first-order valence-corrected chi connectivity index (χ1v) is 9.62. The first-order chi connectivity index (χ1) is 14.9. The Hall–Kier alpha value is -2.21. The van der Waals surface area contributed by atoms with Gasteiger partial charge in [-0.1, -0.05) is 25.5 Å². The Morgan fingerprint density at radius 2 is 1.50 bits per heavy atom. The molecule has 0 N–H and O–H groups in total. The van der Waals surface area contributed by atoms with Crippen LogP contribution in [-0.4, -0.2) is 25.2 Å². The highest BCUT2D eigenvalue weighted by molar-refractivity contribution is 5.66. The van der Waals surface area contributed by atoms with Crippen molar-refractivity contribution in [2.24, 2.45) is 0 Å². The molecule has 2 aliphatic heterocycles. The van der Waals surface area contributed by atoms with E-state index in [1.54, 1.807) is 0 Å². The zero-order valence-electron chi connectivity index (χ0n) is 16.6. The molecule has 0 aliphatic carbocycles. The van der Waals surface area contributed by atoms with Crippen LogP contribution < -0.4 is 0 Å². The second kappa shape index (κ2) is 7.68. The van der Waals surface area contributed by atoms with Gasteiger partial charge in [0.05, 0.1) is 24.3 Å². The lowest BCUT2D eigenvalue weighted by atomic mass is 10.00. The van der Waals surface area contributed by atoms with Crippen LogP contribution >= 0.6 is 0 Å². The van der Waals surface area contributed by atoms with Crippen molar-refractivity contribution in [1.82, 2.24) is 0 Å². The minimum atomic E-state index is -5.57. The van der Waals surface area contributed by atoms with Gasteiger partial charge in [-0.05, 0) is 36.2 Å². The number of benzene rings is 2. The minimum Gasteiger partial charge on any atom is -0.320 e. The van der Waals surface area contributed by atoms with Crippen molar-refractivity contribution in [3.05, 3.63) is 59.2 Å². The molecule has 2 saturated heterocycles. The third kappa shape index (κ3) is 4.09. The molecule has 2 aliphatic rings. The molecular weight excluding hydrogens is 449 g/mol. The van der Waals surface area contributed by atoms with Gasteiger partial charge in [-0.3, -0.25) is 0 Å². The highest BCUT2D eigenvalue weighted by Gasteiger charge is 2.59. The molecule has 0 radical (unpaired) electrons. The number of halogens is 7. The molecule has 2 fully saturated rings. The SMILES string of the molecule is CCCC12COC(c3cc(F)c(-c4ccc(C(F)(F)OC(F)(F)F)cc4)c(F)c3)(OC1)O2. The molecule has 4 rings (SSSR count). The first-order valence-electron chi connectivity index (χ1n) is 9.62. The van der Waals surface area contributed by atoms with Gasteiger partial charge in [0, 0.05) is 5.56 Å². The summed E-state index contributed by atoms with van der Waals surface area (Å²) in [5, 5.41) is 0. The lowest BCUT2D eigenvalue weighted by molar-refractivity contribution is -0.431. The van der Waals surface area contributed by atoms with Crippen molar-refractivity contribution in [3.8, 4) is 11.1 Å². The number of hydrogen-bond acceptors (Lipinski definition) is 4. The average Bonchev–Trinajstić information content (AvgIpc) is 3.24. The highest BCUT2D eigenvalue weighted by atomic mass is 19.4. The molecule has 2 heterocycles. The standard InChI is InChI=1S/C21H17F7O4/c1-2-7-18-10-29-20(31-18,30-11-18)14-8-15(22)17(16(23)9-14)12-3-5-13(6-4-12)19(24,25)32-21(26,27)28/h3-6,8-9H,2,7,10-11H2,1H3. The molecule has 0 spiro atoms. The third-order valence-corrected chi connectivity index (χ3v) is 5.26. The van der Waals surface area contributed by atoms with Crippen LogP contribution in [0.2, 0.25) is 0 Å². The van der Waals surface area contributed by atoms with Gasteiger partial charge in [0.2, 0.25) is 0 Å². The van der Waals surface area contributed by atoms with Crippen LogP contribution in [0.5, 0.6) is 0 Å². The molecule has 32 heavy (non-hydrogen) atoms. The van der Waals surface area contributed by atoms with E-state index in [1.807, 2.05) is 6.92 Å². The Morgan fingerprint density at radius 3 is 2.00 bits per heavy atom. The van der Waals surface area contributed by atoms with Gasteiger partial charge in [0.25, 0.3) is 0 Å². The van der Waals surface area contributed by atoms with Gasteiger partial charge in [0.15, 0.2) is 0 Å². The average molecular weight is 466 g/mol. The topological polar surface area (TPSA) is 36.9 Å². The summed E-state index contributed by atoms with van der Waals surface area (Å²) in [5.74, 6) is -3.86. The summed E-state index contributed by atoms with van der Waals surface area (Å²) in [7, 11) is 0. The van der Waals surface area contributed by atoms with Crippen LogP contribution in [0, 0.1) is 11.6 Å². The molecule has 0 unspecified atom stereocenters. The van der Waals surface area contributed by atoms with E-state index >= 15 is 0 Å². The number of rotatable bonds is 6. The molecule has 0 saturated carbocycles. The molecule has 0 aromatic heterocycles. The molecule has 0 amide bonds. The predicted octanol–water partition coefficient (Wildman–Crippen LogP) is 5.94. The molecule has 4 nitrogen and oxygen atoms in total. The van der Waals surface area contributed by atoms with Crippen molar-refractivity contribution in [3.63, 3.8) is 0 Å². The van der Waals surface area contributed by atoms with Crippen LogP contribution in [0.15, 0.2) is 36.4 Å². The Balaban J connectivity index is 1.61. The first kappa shape index (κ1) is 23.0. The number of hydrogen-bond donors (Lipinski definition) is 0. The van der Waals surface area contributed by atoms with Gasteiger partial charge in [-0.15, -0.1) is 13.2 Å². The molecule has 0 atom stereocenters. The zero-order valence-corrected chi connectivity index (χ0v) is 16.6. The summed E-state index contributed by atoms with van der Waals surface area (Å²) < 4.78 is 113. The Bertz CT molecular complexity index is 973. The van der Waals surface area contributed by atoms with Gasteiger partial charge in [0.1, 0.15) is 17.2 Å². The van der Waals surface area contributed by atoms with E-state index in [0.717, 1.165) is 30.7 Å². The smallest absolute Gasteiger partial charge is 0.320 e. The summed E-state index contributed by atoms with van der Waals surface area (Å²) >= 11 is 0. The molecule has 11 heteroatoms. The number of ether oxygens (including phenoxy) is 4. The van der Waals surface area contributed by atoms with Gasteiger partial charge >= 0.3 is 18.4 Å². The van der Waals surface area contributed by atoms with Crippen LogP contribution in [0.4, 0.5) is 30.7 Å². The highest BCUT2D eigenvalue weighted by Crippen LogP contribution is 2.49. The maximum Gasteiger partial charge on any atom is 0.527 e. The normalized spacial score (nSPS) is 25.5. The Labute approximate surface area is 177 Å². The quantitative estimate of drug-likeness (QED) is 0.494. The van der Waals surface area contributed by atoms with Gasteiger partial charge in [-0.2, -0.15) is 8.78 Å². The van der Waals surface area contributed by atoms with E-state index in [9.17, 15) is 30.7 Å². The maximum atomic E-state index is 14.8. The van der Waals surface area contributed by atoms with Crippen LogP contribution in [0.1, 0.15) is 30.9 Å². The number of alkyl halides is 5. The molecular formula is C21H17F7O4. The largest absolute Gasteiger partial charge is 0.527 e. The van der Waals surface area contributed by atoms with Crippen LogP contribution in [0.3, 0.4) is 0 Å². The lowest BCUT2D eigenvalue weighted by Crippen LogP contribution is -2.35. The number of fused-ring (bicyclic) bond motifs is 2. The van der Waals surface area contributed by atoms with Crippen LogP contribution in [0.25, 0.3) is 11.1 Å². The zero-order chi connectivity index (χ0) is 23.4. The van der Waals surface area contributed by atoms with E-state index in [4.69, 9.17) is 14.2 Å². The van der Waals surface area contributed by atoms with Crippen molar-refractivity contribution < 1.29 is 49.7 Å². The monoisotopic (exact) mass is 466 g/mol. The molecule has 2 bridgehead atoms. The molecule has 2 aromatic rings. The summed E-state index contributed by atoms with van der Waals surface area (Å²) in [6.07, 6.45) is -8.82. The van der Waals surface area contributed by atoms with Crippen molar-refractivity contribution in [1.29, 1.82) is 0 Å². The van der Waals surface area contributed by atoms with Crippen molar-refractivity contribution in [2.75, 3.05) is 13.2 Å². The molecule has 174 valence electrons. The predicted molar refractivity (Wildman–Crippen MR) is 95.1 cm³/mol. The summed E-state index contributed by atoms with van der Waals surface area (Å²) in [6, 6.07) is 4.80. The Morgan fingerprint density at radius 1 is 0.938 bits per heavy atom. The van der Waals surface area contributed by atoms with Gasteiger partial charge in [-0.25, -0.2) is 13.5 Å². The van der Waals surface area contributed by atoms with E-state index in [2.05, 4.69) is 4.74 Å². The van der Waals surface area contributed by atoms with Gasteiger partial charge < -0.3 is 14.2 Å². The van der Waals surface area contributed by atoms with E-state index < -0.39 is 46.8 Å². The third-order valence-electron chi connectivity index (χ3n) is 5.26. The fourth-order valence-corrected chi connectivity index (χ4v) is 3.88. The van der Waals surface area contributed by atoms with E-state index in [1.165, 1.54) is 0 Å². The molecule has 2 aromatic carbocycles. The lowest BCUT2D eigenvalue weighted by Gasteiger charge is -2.25. The second-order valence-electron chi connectivity index (χ2n) is 7.63. The Kier molecular flexibility index (Phi) is 5.51. The minimum absolute atomic E-state index is 0.0477.